The molecule has 3 N–H and O–H groups in total. The zero-order valence-corrected chi connectivity index (χ0v) is 14.4. The molecular weight excluding hydrogens is 320 g/mol. The summed E-state index contributed by atoms with van der Waals surface area (Å²) in [5.74, 6) is -0.267. The predicted octanol–water partition coefficient (Wildman–Crippen LogP) is 0.921. The van der Waals surface area contributed by atoms with Crippen molar-refractivity contribution in [1.29, 1.82) is 0 Å². The van der Waals surface area contributed by atoms with E-state index in [1.807, 2.05) is 19.1 Å². The molecule has 8 heteroatoms. The zero-order chi connectivity index (χ0) is 17.6. The molecule has 1 aliphatic heterocycles. The lowest BCUT2D eigenvalue weighted by atomic mass is 10.2. The van der Waals surface area contributed by atoms with Crippen molar-refractivity contribution in [1.82, 2.24) is 25.5 Å². The number of carbonyl (C=O) groups is 2. The van der Waals surface area contributed by atoms with Gasteiger partial charge in [-0.3, -0.25) is 15.0 Å². The molecule has 1 fully saturated rings. The van der Waals surface area contributed by atoms with E-state index in [0.717, 1.165) is 49.3 Å². The van der Waals surface area contributed by atoms with Gasteiger partial charge < -0.3 is 15.2 Å². The molecule has 0 aliphatic carbocycles. The molecule has 2 heterocycles. The van der Waals surface area contributed by atoms with Crippen molar-refractivity contribution in [2.24, 2.45) is 0 Å². The fourth-order valence-electron chi connectivity index (χ4n) is 3.00. The highest BCUT2D eigenvalue weighted by Gasteiger charge is 2.21. The second-order valence-corrected chi connectivity index (χ2v) is 6.14. The molecule has 1 aromatic carbocycles. The summed E-state index contributed by atoms with van der Waals surface area (Å²) in [5, 5.41) is 5.00. The van der Waals surface area contributed by atoms with Gasteiger partial charge in [0.15, 0.2) is 0 Å². The Hall–Kier alpha value is -2.61. The van der Waals surface area contributed by atoms with Gasteiger partial charge >= 0.3 is 6.03 Å². The number of aromatic nitrogens is 2. The lowest BCUT2D eigenvalue weighted by molar-refractivity contribution is -0.121. The number of nitrogens with one attached hydrogen (secondary N) is 3. The molecule has 0 radical (unpaired) electrons. The van der Waals surface area contributed by atoms with Crippen molar-refractivity contribution in [2.45, 2.75) is 13.3 Å². The average molecular weight is 344 g/mol. The van der Waals surface area contributed by atoms with Gasteiger partial charge in [0.05, 0.1) is 24.1 Å². The highest BCUT2D eigenvalue weighted by molar-refractivity contribution is 5.95. The molecule has 25 heavy (non-hydrogen) atoms. The fraction of sp³-hybridized carbons (Fsp3) is 0.471. The number of piperazine rings is 1. The van der Waals surface area contributed by atoms with Gasteiger partial charge in [-0.1, -0.05) is 13.0 Å². The summed E-state index contributed by atoms with van der Waals surface area (Å²) in [6, 6.07) is 5.68. The third-order valence-corrected chi connectivity index (χ3v) is 4.30. The molecule has 3 amide bonds. The first-order chi connectivity index (χ1) is 12.2. The number of anilines is 1. The molecular formula is C17H24N6O2. The molecule has 3 rings (SSSR count). The van der Waals surface area contributed by atoms with Gasteiger partial charge in [-0.2, -0.15) is 0 Å². The Labute approximate surface area is 146 Å². The fourth-order valence-corrected chi connectivity index (χ4v) is 3.00. The molecule has 0 unspecified atom stereocenters. The van der Waals surface area contributed by atoms with Crippen LogP contribution in [0.15, 0.2) is 24.5 Å². The van der Waals surface area contributed by atoms with Crippen molar-refractivity contribution in [3.8, 4) is 0 Å². The molecule has 0 saturated carbocycles. The Kier molecular flexibility index (Phi) is 5.49. The normalized spacial score (nSPS) is 15.3. The average Bonchev–Trinajstić information content (AvgIpc) is 3.09. The molecule has 1 saturated heterocycles. The van der Waals surface area contributed by atoms with Crippen LogP contribution in [0, 0.1) is 0 Å². The SMILES string of the molecule is CCCNC(=O)NC(=O)CN1CCN(c2cccc3[nH]cnc23)CC1. The lowest BCUT2D eigenvalue weighted by Gasteiger charge is -2.35. The Bertz CT molecular complexity index is 736. The number of imide groups is 1. The summed E-state index contributed by atoms with van der Waals surface area (Å²) in [6.07, 6.45) is 2.55. The molecule has 0 bridgehead atoms. The molecule has 134 valence electrons. The Balaban J connectivity index is 1.50. The maximum atomic E-state index is 11.9. The smallest absolute Gasteiger partial charge is 0.321 e. The predicted molar refractivity (Wildman–Crippen MR) is 96.6 cm³/mol. The summed E-state index contributed by atoms with van der Waals surface area (Å²) in [6.45, 7) is 5.94. The lowest BCUT2D eigenvalue weighted by Crippen LogP contribution is -2.51. The first-order valence-corrected chi connectivity index (χ1v) is 8.64. The molecule has 1 aliphatic rings. The molecule has 0 atom stereocenters. The summed E-state index contributed by atoms with van der Waals surface area (Å²) in [7, 11) is 0. The third kappa shape index (κ3) is 4.27. The minimum absolute atomic E-state index is 0.236. The van der Waals surface area contributed by atoms with Crippen LogP contribution in [-0.2, 0) is 4.79 Å². The number of amides is 3. The highest BCUT2D eigenvalue weighted by atomic mass is 16.2. The third-order valence-electron chi connectivity index (χ3n) is 4.30. The van der Waals surface area contributed by atoms with Crippen LogP contribution in [0.4, 0.5) is 10.5 Å². The van der Waals surface area contributed by atoms with Crippen LogP contribution >= 0.6 is 0 Å². The second-order valence-electron chi connectivity index (χ2n) is 6.14. The maximum Gasteiger partial charge on any atom is 0.321 e. The largest absolute Gasteiger partial charge is 0.367 e. The van der Waals surface area contributed by atoms with E-state index in [4.69, 9.17) is 0 Å². The maximum absolute atomic E-state index is 11.9. The van der Waals surface area contributed by atoms with Crippen LogP contribution in [-0.4, -0.2) is 66.1 Å². The number of para-hydroxylation sites is 1. The van der Waals surface area contributed by atoms with E-state index in [-0.39, 0.29) is 12.5 Å². The highest BCUT2D eigenvalue weighted by Crippen LogP contribution is 2.24. The van der Waals surface area contributed by atoms with E-state index in [1.165, 1.54) is 0 Å². The minimum atomic E-state index is -0.421. The van der Waals surface area contributed by atoms with Gasteiger partial charge in [0.1, 0.15) is 5.52 Å². The van der Waals surface area contributed by atoms with Crippen molar-refractivity contribution in [2.75, 3.05) is 44.2 Å². The van der Waals surface area contributed by atoms with Crippen molar-refractivity contribution in [3.63, 3.8) is 0 Å². The van der Waals surface area contributed by atoms with E-state index in [0.29, 0.717) is 6.54 Å². The number of aromatic amines is 1. The number of benzene rings is 1. The Morgan fingerprint density at radius 1 is 1.24 bits per heavy atom. The number of imidazole rings is 1. The number of nitrogens with zero attached hydrogens (tertiary/aromatic N) is 3. The van der Waals surface area contributed by atoms with Crippen molar-refractivity contribution < 1.29 is 9.59 Å². The Morgan fingerprint density at radius 2 is 2.04 bits per heavy atom. The van der Waals surface area contributed by atoms with Crippen LogP contribution in [0.1, 0.15) is 13.3 Å². The van der Waals surface area contributed by atoms with E-state index in [2.05, 4.69) is 36.5 Å². The summed E-state index contributed by atoms with van der Waals surface area (Å²) in [4.78, 5) is 35.3. The van der Waals surface area contributed by atoms with Crippen molar-refractivity contribution >= 4 is 28.7 Å². The number of fused-ring (bicyclic) bond motifs is 1. The van der Waals surface area contributed by atoms with Crippen LogP contribution in [0.25, 0.3) is 11.0 Å². The van der Waals surface area contributed by atoms with Gasteiger partial charge in [0.2, 0.25) is 5.91 Å². The number of hydrogen-bond acceptors (Lipinski definition) is 5. The molecule has 2 aromatic rings. The summed E-state index contributed by atoms with van der Waals surface area (Å²) < 4.78 is 0. The van der Waals surface area contributed by atoms with E-state index < -0.39 is 6.03 Å². The monoisotopic (exact) mass is 344 g/mol. The number of urea groups is 1. The van der Waals surface area contributed by atoms with Crippen molar-refractivity contribution in [3.05, 3.63) is 24.5 Å². The minimum Gasteiger partial charge on any atom is -0.367 e. The van der Waals surface area contributed by atoms with E-state index in [9.17, 15) is 9.59 Å². The second kappa shape index (κ2) is 7.98. The molecule has 1 aromatic heterocycles. The standard InChI is InChI=1S/C17H24N6O2/c1-2-6-18-17(25)21-15(24)11-22-7-9-23(10-8-22)14-5-3-4-13-16(14)20-12-19-13/h3-5,12H,2,6-11H2,1H3,(H,19,20)(H2,18,21,24,25). The van der Waals surface area contributed by atoms with Gasteiger partial charge in [-0.15, -0.1) is 0 Å². The van der Waals surface area contributed by atoms with Crippen LogP contribution in [0.2, 0.25) is 0 Å². The number of H-pyrrole nitrogens is 1. The van der Waals surface area contributed by atoms with Gasteiger partial charge in [-0.05, 0) is 18.6 Å². The number of hydrogen-bond donors (Lipinski definition) is 3. The van der Waals surface area contributed by atoms with Gasteiger partial charge in [-0.25, -0.2) is 9.78 Å². The summed E-state index contributed by atoms with van der Waals surface area (Å²) >= 11 is 0. The summed E-state index contributed by atoms with van der Waals surface area (Å²) in [5.41, 5.74) is 3.11. The van der Waals surface area contributed by atoms with E-state index in [1.54, 1.807) is 6.33 Å². The van der Waals surface area contributed by atoms with Gasteiger partial charge in [0.25, 0.3) is 0 Å². The van der Waals surface area contributed by atoms with Crippen LogP contribution in [0.3, 0.4) is 0 Å². The van der Waals surface area contributed by atoms with Crippen LogP contribution < -0.4 is 15.5 Å². The van der Waals surface area contributed by atoms with Crippen LogP contribution in [0.5, 0.6) is 0 Å². The number of rotatable bonds is 5. The first-order valence-electron chi connectivity index (χ1n) is 8.64. The Morgan fingerprint density at radius 3 is 2.80 bits per heavy atom. The van der Waals surface area contributed by atoms with Gasteiger partial charge in [0, 0.05) is 32.7 Å². The first kappa shape index (κ1) is 17.2. The number of carbonyl (C=O) groups excluding carboxylic acids is 2. The molecule has 0 spiro atoms. The topological polar surface area (TPSA) is 93.4 Å². The zero-order valence-electron chi connectivity index (χ0n) is 14.4. The molecule has 8 nitrogen and oxygen atoms in total. The van der Waals surface area contributed by atoms with E-state index >= 15 is 0 Å². The quantitative estimate of drug-likeness (QED) is 0.750.